The molecule has 2 amide bonds. The number of nitrogens with one attached hydrogen (secondary N) is 1. The fourth-order valence-corrected chi connectivity index (χ4v) is 3.45. The molecule has 2 aliphatic heterocycles. The minimum absolute atomic E-state index is 0.136. The van der Waals surface area contributed by atoms with Gasteiger partial charge in [-0.3, -0.25) is 4.98 Å². The predicted octanol–water partition coefficient (Wildman–Crippen LogP) is 2.39. The maximum absolute atomic E-state index is 12.6. The number of aromatic nitrogens is 3. The van der Waals surface area contributed by atoms with Crippen molar-refractivity contribution in [1.29, 1.82) is 0 Å². The molecule has 2 aromatic rings. The number of pyridine rings is 1. The molecule has 2 aromatic heterocycles. The van der Waals surface area contributed by atoms with Gasteiger partial charge in [-0.15, -0.1) is 0 Å². The van der Waals surface area contributed by atoms with Crippen molar-refractivity contribution in [3.05, 3.63) is 42.0 Å². The van der Waals surface area contributed by atoms with Crippen LogP contribution in [0, 0.1) is 6.92 Å². The number of ether oxygens (including phenoxy) is 1. The van der Waals surface area contributed by atoms with E-state index < -0.39 is 0 Å². The van der Waals surface area contributed by atoms with E-state index in [9.17, 15) is 4.79 Å². The summed E-state index contributed by atoms with van der Waals surface area (Å²) >= 11 is 0. The van der Waals surface area contributed by atoms with Gasteiger partial charge in [0.1, 0.15) is 6.10 Å². The number of aryl methyl sites for hydroxylation is 1. The lowest BCUT2D eigenvalue weighted by molar-refractivity contribution is -0.0157. The number of morpholine rings is 1. The van der Waals surface area contributed by atoms with Crippen molar-refractivity contribution >= 4 is 17.7 Å². The Labute approximate surface area is 158 Å². The van der Waals surface area contributed by atoms with E-state index in [4.69, 9.17) is 9.72 Å². The van der Waals surface area contributed by atoms with E-state index in [2.05, 4.69) is 20.2 Å². The van der Waals surface area contributed by atoms with Crippen molar-refractivity contribution in [3.8, 4) is 0 Å². The lowest BCUT2D eigenvalue weighted by atomic mass is 10.2. The maximum atomic E-state index is 12.6. The summed E-state index contributed by atoms with van der Waals surface area (Å²) in [6.45, 7) is 5.39. The molecule has 8 nitrogen and oxygen atoms in total. The van der Waals surface area contributed by atoms with Crippen LogP contribution in [0.4, 0.5) is 16.4 Å². The van der Waals surface area contributed by atoms with Gasteiger partial charge >= 0.3 is 6.03 Å². The number of anilines is 2. The number of urea groups is 1. The molecule has 0 aromatic carbocycles. The number of amides is 2. The van der Waals surface area contributed by atoms with Gasteiger partial charge in [0.2, 0.25) is 5.95 Å². The Balaban J connectivity index is 1.43. The van der Waals surface area contributed by atoms with Crippen LogP contribution in [0.3, 0.4) is 0 Å². The van der Waals surface area contributed by atoms with Crippen LogP contribution in [0.5, 0.6) is 0 Å². The Bertz CT molecular complexity index is 808. The average molecular weight is 368 g/mol. The Morgan fingerprint density at radius 2 is 2.00 bits per heavy atom. The number of hydrogen-bond donors (Lipinski definition) is 1. The van der Waals surface area contributed by atoms with Crippen LogP contribution >= 0.6 is 0 Å². The van der Waals surface area contributed by atoms with Gasteiger partial charge in [-0.1, -0.05) is 0 Å². The standard InChI is InChI=1S/C19H24N6O2/c1-14-12-15(4-6-20-14)22-19(26)25-10-11-27-17(13-25)16-5-7-21-18(23-16)24-8-2-3-9-24/h4-7,12,17H,2-3,8-11,13H2,1H3,(H,20,22,26)/t17-/m0/s1. The second-order valence-corrected chi connectivity index (χ2v) is 6.90. The van der Waals surface area contributed by atoms with Gasteiger partial charge in [0, 0.05) is 43.4 Å². The van der Waals surface area contributed by atoms with Gasteiger partial charge in [-0.2, -0.15) is 0 Å². The van der Waals surface area contributed by atoms with Gasteiger partial charge in [0.05, 0.1) is 18.8 Å². The average Bonchev–Trinajstić information content (AvgIpc) is 3.23. The molecule has 2 saturated heterocycles. The highest BCUT2D eigenvalue weighted by atomic mass is 16.5. The number of hydrogen-bond acceptors (Lipinski definition) is 6. The fraction of sp³-hybridized carbons (Fsp3) is 0.474. The van der Waals surface area contributed by atoms with Gasteiger partial charge in [-0.25, -0.2) is 14.8 Å². The normalized spacial score (nSPS) is 20.0. The monoisotopic (exact) mass is 368 g/mol. The molecule has 1 atom stereocenters. The highest BCUT2D eigenvalue weighted by Gasteiger charge is 2.27. The molecule has 2 fully saturated rings. The Hall–Kier alpha value is -2.74. The van der Waals surface area contributed by atoms with Crippen molar-refractivity contribution in [3.63, 3.8) is 0 Å². The van der Waals surface area contributed by atoms with Crippen molar-refractivity contribution in [2.75, 3.05) is 43.0 Å². The van der Waals surface area contributed by atoms with Crippen molar-refractivity contribution in [2.45, 2.75) is 25.9 Å². The first kappa shape index (κ1) is 17.7. The quantitative estimate of drug-likeness (QED) is 0.896. The summed E-state index contributed by atoms with van der Waals surface area (Å²) in [5.74, 6) is 0.752. The molecule has 1 N–H and O–H groups in total. The van der Waals surface area contributed by atoms with Gasteiger partial charge in [0.15, 0.2) is 0 Å². The lowest BCUT2D eigenvalue weighted by Crippen LogP contribution is -2.44. The number of rotatable bonds is 3. The summed E-state index contributed by atoms with van der Waals surface area (Å²) in [5.41, 5.74) is 2.43. The third kappa shape index (κ3) is 4.16. The van der Waals surface area contributed by atoms with E-state index in [1.54, 1.807) is 23.4 Å². The molecule has 4 heterocycles. The fourth-order valence-electron chi connectivity index (χ4n) is 3.45. The summed E-state index contributed by atoms with van der Waals surface area (Å²) in [7, 11) is 0. The van der Waals surface area contributed by atoms with Crippen LogP contribution in [0.15, 0.2) is 30.6 Å². The highest BCUT2D eigenvalue weighted by molar-refractivity contribution is 5.89. The van der Waals surface area contributed by atoms with Crippen molar-refractivity contribution in [1.82, 2.24) is 19.9 Å². The van der Waals surface area contributed by atoms with E-state index in [0.29, 0.717) is 19.7 Å². The first-order chi connectivity index (χ1) is 13.2. The molecular weight excluding hydrogens is 344 g/mol. The summed E-state index contributed by atoms with van der Waals surface area (Å²) < 4.78 is 5.89. The van der Waals surface area contributed by atoms with Crippen LogP contribution in [0.2, 0.25) is 0 Å². The molecular formula is C19H24N6O2. The number of nitrogens with zero attached hydrogens (tertiary/aromatic N) is 5. The molecule has 4 rings (SSSR count). The van der Waals surface area contributed by atoms with Crippen LogP contribution in [-0.4, -0.2) is 58.7 Å². The molecule has 27 heavy (non-hydrogen) atoms. The van der Waals surface area contributed by atoms with Gasteiger partial charge in [-0.05, 0) is 38.0 Å². The SMILES string of the molecule is Cc1cc(NC(=O)N2CCO[C@H](c3ccnc(N4CCCC4)n3)C2)ccn1. The third-order valence-electron chi connectivity index (χ3n) is 4.88. The second kappa shape index (κ2) is 7.87. The van der Waals surface area contributed by atoms with E-state index >= 15 is 0 Å². The second-order valence-electron chi connectivity index (χ2n) is 6.90. The Morgan fingerprint density at radius 1 is 1.19 bits per heavy atom. The summed E-state index contributed by atoms with van der Waals surface area (Å²) in [5, 5.41) is 2.93. The summed E-state index contributed by atoms with van der Waals surface area (Å²) in [6.07, 6.45) is 5.57. The minimum atomic E-state index is -0.243. The topological polar surface area (TPSA) is 83.5 Å². The van der Waals surface area contributed by atoms with Gasteiger partial charge in [0.25, 0.3) is 0 Å². The van der Waals surface area contributed by atoms with E-state index in [0.717, 1.165) is 36.1 Å². The van der Waals surface area contributed by atoms with Crippen molar-refractivity contribution in [2.24, 2.45) is 0 Å². The van der Waals surface area contributed by atoms with Crippen molar-refractivity contribution < 1.29 is 9.53 Å². The van der Waals surface area contributed by atoms with Crippen LogP contribution in [0.1, 0.15) is 30.3 Å². The van der Waals surface area contributed by atoms with Crippen LogP contribution < -0.4 is 10.2 Å². The summed E-state index contributed by atoms with van der Waals surface area (Å²) in [4.78, 5) is 29.8. The largest absolute Gasteiger partial charge is 0.368 e. The van der Waals surface area contributed by atoms with Crippen LogP contribution in [-0.2, 0) is 4.74 Å². The molecule has 0 aliphatic carbocycles. The molecule has 0 bridgehead atoms. The molecule has 8 heteroatoms. The Morgan fingerprint density at radius 3 is 2.81 bits per heavy atom. The van der Waals surface area contributed by atoms with E-state index in [-0.39, 0.29) is 12.1 Å². The molecule has 2 aliphatic rings. The molecule has 0 saturated carbocycles. The highest BCUT2D eigenvalue weighted by Crippen LogP contribution is 2.23. The van der Waals surface area contributed by atoms with Gasteiger partial charge < -0.3 is 19.9 Å². The summed E-state index contributed by atoms with van der Waals surface area (Å²) in [6, 6.07) is 5.37. The first-order valence-corrected chi connectivity index (χ1v) is 9.37. The smallest absolute Gasteiger partial charge is 0.322 e. The zero-order valence-electron chi connectivity index (χ0n) is 15.5. The number of carbonyl (C=O) groups excluding carboxylic acids is 1. The molecule has 0 radical (unpaired) electrons. The third-order valence-corrected chi connectivity index (χ3v) is 4.88. The van der Waals surface area contributed by atoms with E-state index in [1.165, 1.54) is 12.8 Å². The molecule has 0 unspecified atom stereocenters. The van der Waals surface area contributed by atoms with E-state index in [1.807, 2.05) is 19.1 Å². The molecule has 0 spiro atoms. The maximum Gasteiger partial charge on any atom is 0.322 e. The molecule has 142 valence electrons. The first-order valence-electron chi connectivity index (χ1n) is 9.37. The lowest BCUT2D eigenvalue weighted by Gasteiger charge is -2.33. The number of carbonyl (C=O) groups is 1. The predicted molar refractivity (Wildman–Crippen MR) is 102 cm³/mol. The zero-order valence-corrected chi connectivity index (χ0v) is 15.5. The van der Waals surface area contributed by atoms with Crippen LogP contribution in [0.25, 0.3) is 0 Å². The Kier molecular flexibility index (Phi) is 5.15. The zero-order chi connectivity index (χ0) is 18.6. The minimum Gasteiger partial charge on any atom is -0.368 e.